The van der Waals surface area contributed by atoms with E-state index in [1.54, 1.807) is 5.57 Å². The van der Waals surface area contributed by atoms with Crippen molar-refractivity contribution in [3.8, 4) is 0 Å². The first-order valence-corrected chi connectivity index (χ1v) is 27.9. The molecule has 1 saturated heterocycles. The van der Waals surface area contributed by atoms with Crippen molar-refractivity contribution in [2.75, 3.05) is 72.5 Å². The molecule has 6 unspecified atom stereocenters. The second-order valence-corrected chi connectivity index (χ2v) is 22.4. The Bertz CT molecular complexity index is 1350. The van der Waals surface area contributed by atoms with Crippen LogP contribution in [0.5, 0.6) is 0 Å². The van der Waals surface area contributed by atoms with Crippen LogP contribution in [0, 0.1) is 46.3 Å². The van der Waals surface area contributed by atoms with Gasteiger partial charge in [0.1, 0.15) is 12.7 Å². The van der Waals surface area contributed by atoms with Crippen molar-refractivity contribution < 1.29 is 33.2 Å². The summed E-state index contributed by atoms with van der Waals surface area (Å²) in [4.78, 5) is 15.2. The second kappa shape index (κ2) is 30.2. The molecule has 5 aliphatic rings. The molecule has 1 heterocycles. The summed E-state index contributed by atoms with van der Waals surface area (Å²) < 4.78 is 35.2. The van der Waals surface area contributed by atoms with Crippen molar-refractivity contribution in [3.05, 3.63) is 23.8 Å². The van der Waals surface area contributed by atoms with E-state index in [1.807, 2.05) is 0 Å². The lowest BCUT2D eigenvalue weighted by Gasteiger charge is -2.58. The first-order chi connectivity index (χ1) is 31.6. The van der Waals surface area contributed by atoms with Gasteiger partial charge < -0.3 is 28.4 Å². The minimum Gasteiger partial charge on any atom is -0.432 e. The van der Waals surface area contributed by atoms with Crippen molar-refractivity contribution in [1.82, 2.24) is 4.90 Å². The number of unbranched alkanes of at least 4 members (excludes halogenated alkanes) is 12. The zero-order valence-corrected chi connectivity index (χ0v) is 43.1. The van der Waals surface area contributed by atoms with E-state index >= 15 is 0 Å². The zero-order chi connectivity index (χ0) is 46.2. The first-order valence-electron chi connectivity index (χ1n) is 27.9. The molecule has 0 aromatic carbocycles. The van der Waals surface area contributed by atoms with E-state index in [4.69, 9.17) is 28.4 Å². The number of hydrogen-bond acceptors (Lipinski definition) is 8. The monoisotopic (exact) mass is 912 g/mol. The summed E-state index contributed by atoms with van der Waals surface area (Å²) in [6, 6.07) is 0. The van der Waals surface area contributed by atoms with E-state index in [2.05, 4.69) is 64.7 Å². The predicted octanol–water partition coefficient (Wildman–Crippen LogP) is 14.3. The summed E-state index contributed by atoms with van der Waals surface area (Å²) in [6.45, 7) is 21.9. The van der Waals surface area contributed by atoms with Gasteiger partial charge in [0, 0.05) is 32.7 Å². The van der Waals surface area contributed by atoms with Crippen LogP contribution in [0.1, 0.15) is 202 Å². The molecule has 0 bridgehead atoms. The van der Waals surface area contributed by atoms with Crippen molar-refractivity contribution in [2.24, 2.45) is 46.3 Å². The maximum absolute atomic E-state index is 12.8. The van der Waals surface area contributed by atoms with Gasteiger partial charge in [0.15, 0.2) is 0 Å². The Kier molecular flexibility index (Phi) is 25.3. The molecule has 4 aliphatic carbocycles. The summed E-state index contributed by atoms with van der Waals surface area (Å²) in [6.07, 6.45) is 38.9. The quantitative estimate of drug-likeness (QED) is 0.0366. The molecule has 1 aliphatic heterocycles. The zero-order valence-electron chi connectivity index (χ0n) is 43.1. The van der Waals surface area contributed by atoms with Crippen LogP contribution in [0.25, 0.3) is 0 Å². The highest BCUT2D eigenvalue weighted by Gasteiger charge is 2.59. The Morgan fingerprint density at radius 1 is 0.769 bits per heavy atom. The topological polar surface area (TPSA) is 75.7 Å². The molecule has 0 aromatic rings. The predicted molar refractivity (Wildman–Crippen MR) is 267 cm³/mol. The molecule has 5 rings (SSSR count). The molecular weight excluding hydrogens is 811 g/mol. The highest BCUT2D eigenvalue weighted by molar-refractivity contribution is 5.60. The Morgan fingerprint density at radius 3 is 2.22 bits per heavy atom. The van der Waals surface area contributed by atoms with Gasteiger partial charge in [0.2, 0.25) is 0 Å². The lowest BCUT2D eigenvalue weighted by molar-refractivity contribution is -0.0679. The summed E-state index contributed by atoms with van der Waals surface area (Å²) in [5, 5.41) is 0. The van der Waals surface area contributed by atoms with Crippen LogP contribution in [0.4, 0.5) is 4.79 Å². The summed E-state index contributed by atoms with van der Waals surface area (Å²) in [5.41, 5.74) is 2.29. The SMILES string of the molecule is CCCCCCCC/C=C\CCCCCCCCOCC(CN1CCOCC1)OCCOCCOC(=O)O[C@H]1CCC2(C)C(=CCC3[C@@H]2CCC2(C)C(C(C)CCCC(C)C)CC[C@@H]32)C1. The third-order valence-corrected chi connectivity index (χ3v) is 17.2. The molecule has 0 aromatic heterocycles. The molecule has 0 spiro atoms. The Labute approximate surface area is 399 Å². The van der Waals surface area contributed by atoms with Gasteiger partial charge in [0.05, 0.1) is 45.7 Å². The number of nitrogens with zero attached hydrogens (tertiary/aromatic N) is 1. The van der Waals surface area contributed by atoms with Crippen LogP contribution in [0.3, 0.4) is 0 Å². The molecule has 4 fully saturated rings. The van der Waals surface area contributed by atoms with Crippen molar-refractivity contribution >= 4 is 6.16 Å². The molecule has 9 atom stereocenters. The van der Waals surface area contributed by atoms with Crippen LogP contribution in [0.15, 0.2) is 23.8 Å². The second-order valence-electron chi connectivity index (χ2n) is 22.4. The number of fused-ring (bicyclic) bond motifs is 5. The van der Waals surface area contributed by atoms with Crippen LogP contribution in [0.2, 0.25) is 0 Å². The summed E-state index contributed by atoms with van der Waals surface area (Å²) >= 11 is 0. The highest BCUT2D eigenvalue weighted by Crippen LogP contribution is 2.67. The third kappa shape index (κ3) is 18.1. The molecule has 0 N–H and O–H groups in total. The maximum Gasteiger partial charge on any atom is 0.508 e. The number of morpholine rings is 1. The van der Waals surface area contributed by atoms with Gasteiger partial charge >= 0.3 is 6.16 Å². The number of carbonyl (C=O) groups is 1. The number of allylic oxidation sites excluding steroid dienone is 3. The van der Waals surface area contributed by atoms with Gasteiger partial charge in [-0.15, -0.1) is 0 Å². The van der Waals surface area contributed by atoms with Gasteiger partial charge in [-0.1, -0.05) is 142 Å². The van der Waals surface area contributed by atoms with E-state index in [9.17, 15) is 4.79 Å². The fourth-order valence-electron chi connectivity index (χ4n) is 13.4. The third-order valence-electron chi connectivity index (χ3n) is 17.2. The highest BCUT2D eigenvalue weighted by atomic mass is 16.7. The van der Waals surface area contributed by atoms with Crippen LogP contribution >= 0.6 is 0 Å². The summed E-state index contributed by atoms with van der Waals surface area (Å²) in [5.74, 6) is 4.97. The maximum atomic E-state index is 12.8. The lowest BCUT2D eigenvalue weighted by atomic mass is 9.47. The minimum absolute atomic E-state index is 0.00832. The van der Waals surface area contributed by atoms with E-state index in [-0.39, 0.29) is 24.2 Å². The Hall–Kier alpha value is -1.45. The van der Waals surface area contributed by atoms with Crippen molar-refractivity contribution in [2.45, 2.75) is 214 Å². The van der Waals surface area contributed by atoms with Gasteiger partial charge in [0.25, 0.3) is 0 Å². The molecule has 8 heteroatoms. The fourth-order valence-corrected chi connectivity index (χ4v) is 13.4. The molecular formula is C57H101NO7. The number of hydrogen-bond donors (Lipinski definition) is 0. The average Bonchev–Trinajstić information content (AvgIpc) is 3.66. The first kappa shape index (κ1) is 54.5. The molecule has 8 nitrogen and oxygen atoms in total. The number of carbonyl (C=O) groups excluding carboxylic acids is 1. The van der Waals surface area contributed by atoms with Crippen molar-refractivity contribution in [1.29, 1.82) is 0 Å². The Balaban J connectivity index is 0.899. The van der Waals surface area contributed by atoms with Crippen molar-refractivity contribution in [3.63, 3.8) is 0 Å². The fraction of sp³-hybridized carbons (Fsp3) is 0.912. The van der Waals surface area contributed by atoms with Gasteiger partial charge in [-0.25, -0.2) is 4.79 Å². The Morgan fingerprint density at radius 2 is 1.48 bits per heavy atom. The van der Waals surface area contributed by atoms with Gasteiger partial charge in [-0.2, -0.15) is 0 Å². The van der Waals surface area contributed by atoms with E-state index < -0.39 is 6.16 Å². The molecule has 0 amide bonds. The lowest BCUT2D eigenvalue weighted by Crippen LogP contribution is -2.51. The summed E-state index contributed by atoms with van der Waals surface area (Å²) in [7, 11) is 0. The van der Waals surface area contributed by atoms with Crippen LogP contribution < -0.4 is 0 Å². The van der Waals surface area contributed by atoms with E-state index in [1.165, 1.54) is 135 Å². The molecule has 65 heavy (non-hydrogen) atoms. The van der Waals surface area contributed by atoms with Crippen LogP contribution in [-0.4, -0.2) is 95.8 Å². The van der Waals surface area contributed by atoms with Crippen LogP contribution in [-0.2, 0) is 28.4 Å². The molecule has 376 valence electrons. The standard InChI is InChI=1S/C57H101NO7/c1-7-8-9-10-11-12-13-14-15-16-17-18-19-20-21-22-36-62-45-50(44-58-34-37-60-38-35-58)63-41-39-61-40-42-64-55(59)65-49-30-32-56(5)48(43-49)26-27-51-53-29-28-52(47(4)25-23-24-46(2)3)57(53,6)33-31-54(51)56/h14-15,26,46-47,49-54H,7-13,16-25,27-45H2,1-6H3/b15-14-/t47?,49-,50?,51?,52?,53-,54-,56?,57?/m0/s1. The smallest absolute Gasteiger partial charge is 0.432 e. The normalized spacial score (nSPS) is 29.0. The van der Waals surface area contributed by atoms with Gasteiger partial charge in [-0.05, 0) is 123 Å². The van der Waals surface area contributed by atoms with E-state index in [0.29, 0.717) is 31.8 Å². The molecule has 3 saturated carbocycles. The number of ether oxygens (including phenoxy) is 6. The van der Waals surface area contributed by atoms with E-state index in [0.717, 1.165) is 101 Å². The minimum atomic E-state index is -0.565. The molecule has 0 radical (unpaired) electrons. The van der Waals surface area contributed by atoms with Gasteiger partial charge in [-0.3, -0.25) is 4.90 Å². The largest absolute Gasteiger partial charge is 0.508 e. The average molecular weight is 912 g/mol. The number of rotatable bonds is 33.